The molecule has 8 nitrogen and oxygen atoms in total. The maximum atomic E-state index is 15.0. The molecule has 0 radical (unpaired) electrons. The van der Waals surface area contributed by atoms with Crippen molar-refractivity contribution in [2.24, 2.45) is 0 Å². The number of aromatic amines is 1. The highest BCUT2D eigenvalue weighted by molar-refractivity contribution is 6.32. The second-order valence-electron chi connectivity index (χ2n) is 8.53. The first-order chi connectivity index (χ1) is 16.4. The number of rotatable bonds is 5. The van der Waals surface area contributed by atoms with Crippen LogP contribution in [0, 0.1) is 5.82 Å². The van der Waals surface area contributed by atoms with Gasteiger partial charge in [0.1, 0.15) is 11.5 Å². The molecule has 0 atom stereocenters. The first-order valence-corrected chi connectivity index (χ1v) is 11.7. The number of aromatic nitrogens is 2. The van der Waals surface area contributed by atoms with Crippen LogP contribution in [0.4, 0.5) is 10.1 Å². The molecule has 5 rings (SSSR count). The summed E-state index contributed by atoms with van der Waals surface area (Å²) in [6.45, 7) is 6.37. The number of carbonyl (C=O) groups excluding carboxylic acids is 1. The molecule has 10 heteroatoms. The van der Waals surface area contributed by atoms with E-state index in [9.17, 15) is 14.0 Å². The molecular formula is C24H25ClFN5O3. The van der Waals surface area contributed by atoms with Crippen molar-refractivity contribution in [2.45, 2.75) is 26.7 Å². The second-order valence-corrected chi connectivity index (χ2v) is 8.89. The largest absolute Gasteiger partial charge is 0.372 e. The Morgan fingerprint density at radius 1 is 1.21 bits per heavy atom. The monoisotopic (exact) mass is 485 g/mol. The van der Waals surface area contributed by atoms with Gasteiger partial charge in [0.2, 0.25) is 0 Å². The Labute approximate surface area is 200 Å². The molecule has 0 spiro atoms. The smallest absolute Gasteiger partial charge is 0.269 e. The van der Waals surface area contributed by atoms with Gasteiger partial charge in [0.15, 0.2) is 5.15 Å². The summed E-state index contributed by atoms with van der Waals surface area (Å²) in [7, 11) is 0. The van der Waals surface area contributed by atoms with Crippen molar-refractivity contribution in [1.82, 2.24) is 20.2 Å². The van der Waals surface area contributed by atoms with Crippen molar-refractivity contribution in [3.05, 3.63) is 68.0 Å². The van der Waals surface area contributed by atoms with Gasteiger partial charge in [0.05, 0.1) is 24.4 Å². The number of H-pyrrole nitrogens is 1. The summed E-state index contributed by atoms with van der Waals surface area (Å²) in [6.07, 6.45) is 0. The van der Waals surface area contributed by atoms with Crippen LogP contribution in [-0.4, -0.2) is 53.5 Å². The number of hydrogen-bond donors (Lipinski definition) is 2. The predicted octanol–water partition coefficient (Wildman–Crippen LogP) is 2.82. The molecule has 2 aromatic heterocycles. The molecule has 2 aliphatic rings. The third-order valence-corrected chi connectivity index (χ3v) is 6.63. The number of ether oxygens (including phenoxy) is 1. The highest BCUT2D eigenvalue weighted by Crippen LogP contribution is 2.29. The number of carbonyl (C=O) groups is 1. The van der Waals surface area contributed by atoms with E-state index in [1.54, 1.807) is 12.1 Å². The molecule has 0 saturated carbocycles. The summed E-state index contributed by atoms with van der Waals surface area (Å²) in [5, 5.41) is 3.46. The summed E-state index contributed by atoms with van der Waals surface area (Å²) < 4.78 is 20.4. The highest BCUT2D eigenvalue weighted by atomic mass is 35.5. The highest BCUT2D eigenvalue weighted by Gasteiger charge is 2.23. The number of nitrogens with one attached hydrogen (secondary N) is 2. The lowest BCUT2D eigenvalue weighted by molar-refractivity contribution is 0.0951. The number of anilines is 1. The minimum absolute atomic E-state index is 0.214. The molecule has 0 bridgehead atoms. The fraction of sp³-hybridized carbons (Fsp3) is 0.375. The van der Waals surface area contributed by atoms with Crippen LogP contribution < -0.4 is 15.8 Å². The molecule has 1 fully saturated rings. The first-order valence-electron chi connectivity index (χ1n) is 11.3. The van der Waals surface area contributed by atoms with Crippen LogP contribution in [0.2, 0.25) is 5.15 Å². The lowest BCUT2D eigenvalue weighted by atomic mass is 10.0. The molecule has 1 aromatic carbocycles. The number of nitrogens with zero attached hydrogens (tertiary/aromatic N) is 3. The molecule has 2 N–H and O–H groups in total. The van der Waals surface area contributed by atoms with E-state index in [0.29, 0.717) is 46.0 Å². The number of piperazine rings is 1. The average molecular weight is 486 g/mol. The minimum atomic E-state index is -0.339. The maximum absolute atomic E-state index is 15.0. The molecule has 1 saturated heterocycles. The third-order valence-electron chi connectivity index (χ3n) is 6.35. The number of fused-ring (bicyclic) bond motifs is 3. The first kappa shape index (κ1) is 22.8. The third kappa shape index (κ3) is 4.26. The van der Waals surface area contributed by atoms with Gasteiger partial charge in [-0.25, -0.2) is 9.37 Å². The van der Waals surface area contributed by atoms with Crippen LogP contribution >= 0.6 is 11.6 Å². The van der Waals surface area contributed by atoms with Crippen molar-refractivity contribution >= 4 is 34.1 Å². The molecule has 34 heavy (non-hydrogen) atoms. The van der Waals surface area contributed by atoms with Crippen molar-refractivity contribution in [2.75, 3.05) is 37.6 Å². The van der Waals surface area contributed by atoms with Gasteiger partial charge in [-0.3, -0.25) is 14.5 Å². The van der Waals surface area contributed by atoms with Gasteiger partial charge in [-0.15, -0.1) is 0 Å². The van der Waals surface area contributed by atoms with Crippen LogP contribution in [0.3, 0.4) is 0 Å². The summed E-state index contributed by atoms with van der Waals surface area (Å²) in [6, 6.07) is 6.91. The van der Waals surface area contributed by atoms with Gasteiger partial charge in [-0.05, 0) is 36.8 Å². The molecule has 4 heterocycles. The minimum Gasteiger partial charge on any atom is -0.372 e. The van der Waals surface area contributed by atoms with E-state index < -0.39 is 0 Å². The van der Waals surface area contributed by atoms with Gasteiger partial charge in [-0.1, -0.05) is 11.6 Å². The van der Waals surface area contributed by atoms with Crippen molar-refractivity contribution in [3.8, 4) is 0 Å². The molecule has 1 amide bonds. The number of benzene rings is 1. The Bertz CT molecular complexity index is 1320. The molecule has 178 valence electrons. The zero-order chi connectivity index (χ0) is 23.8. The SMILES string of the molecule is CCNC(=O)c1ccc(N2CCN(Cc3cc(F)c4c5c(c(=O)[nH]c4c3)COC5)CC2)c(Cl)n1. The predicted molar refractivity (Wildman–Crippen MR) is 128 cm³/mol. The normalized spacial score (nSPS) is 16.1. The zero-order valence-electron chi connectivity index (χ0n) is 18.8. The number of hydrogen-bond acceptors (Lipinski definition) is 6. The quantitative estimate of drug-likeness (QED) is 0.540. The van der Waals surface area contributed by atoms with Crippen LogP contribution in [0.5, 0.6) is 0 Å². The Balaban J connectivity index is 1.27. The van der Waals surface area contributed by atoms with E-state index in [1.165, 1.54) is 0 Å². The van der Waals surface area contributed by atoms with E-state index >= 15 is 0 Å². The van der Waals surface area contributed by atoms with E-state index in [-0.39, 0.29) is 30.5 Å². The van der Waals surface area contributed by atoms with E-state index in [4.69, 9.17) is 16.3 Å². The van der Waals surface area contributed by atoms with Gasteiger partial charge in [-0.2, -0.15) is 0 Å². The molecule has 2 aliphatic heterocycles. The topological polar surface area (TPSA) is 90.6 Å². The molecule has 3 aromatic rings. The van der Waals surface area contributed by atoms with Gasteiger partial charge < -0.3 is 19.9 Å². The van der Waals surface area contributed by atoms with Gasteiger partial charge >= 0.3 is 0 Å². The van der Waals surface area contributed by atoms with Gasteiger partial charge in [0.25, 0.3) is 11.5 Å². The van der Waals surface area contributed by atoms with E-state index in [0.717, 1.165) is 37.4 Å². The average Bonchev–Trinajstić information content (AvgIpc) is 3.30. The van der Waals surface area contributed by atoms with Crippen LogP contribution in [0.25, 0.3) is 10.9 Å². The summed E-state index contributed by atoms with van der Waals surface area (Å²) >= 11 is 6.37. The fourth-order valence-electron chi connectivity index (χ4n) is 4.66. The van der Waals surface area contributed by atoms with Crippen molar-refractivity contribution < 1.29 is 13.9 Å². The van der Waals surface area contributed by atoms with Crippen molar-refractivity contribution in [3.63, 3.8) is 0 Å². The lowest BCUT2D eigenvalue weighted by Crippen LogP contribution is -2.46. The fourth-order valence-corrected chi connectivity index (χ4v) is 4.93. The molecular weight excluding hydrogens is 461 g/mol. The number of halogens is 2. The Morgan fingerprint density at radius 3 is 2.71 bits per heavy atom. The van der Waals surface area contributed by atoms with E-state index in [2.05, 4.69) is 25.1 Å². The van der Waals surface area contributed by atoms with E-state index in [1.807, 2.05) is 19.1 Å². The summed E-state index contributed by atoms with van der Waals surface area (Å²) in [5.74, 6) is -0.587. The number of pyridine rings is 2. The van der Waals surface area contributed by atoms with Crippen molar-refractivity contribution in [1.29, 1.82) is 0 Å². The lowest BCUT2D eigenvalue weighted by Gasteiger charge is -2.36. The summed E-state index contributed by atoms with van der Waals surface area (Å²) in [5.41, 5.74) is 3.35. The molecule has 0 unspecified atom stereocenters. The zero-order valence-corrected chi connectivity index (χ0v) is 19.5. The maximum Gasteiger partial charge on any atom is 0.269 e. The Morgan fingerprint density at radius 2 is 1.97 bits per heavy atom. The Hall–Kier alpha value is -3.01. The number of amides is 1. The van der Waals surface area contributed by atoms with Crippen LogP contribution in [0.15, 0.2) is 29.1 Å². The summed E-state index contributed by atoms with van der Waals surface area (Å²) in [4.78, 5) is 35.7. The standard InChI is InChI=1S/C24H25ClFN5O3/c1-2-27-24(33)18-3-4-20(22(25)28-18)31-7-5-30(6-8-31)11-14-9-17(26)21-15-12-34-13-16(15)23(32)29-19(21)10-14/h3-4,9-10H,2,5-8,11-13H2,1H3,(H,27,33)(H,29,32). The van der Waals surface area contributed by atoms with Crippen LogP contribution in [-0.2, 0) is 24.5 Å². The second kappa shape index (κ2) is 9.32. The Kier molecular flexibility index (Phi) is 6.24. The molecule has 0 aliphatic carbocycles. The van der Waals surface area contributed by atoms with Gasteiger partial charge in [0, 0.05) is 55.8 Å². The van der Waals surface area contributed by atoms with Crippen LogP contribution in [0.1, 0.15) is 34.1 Å².